The Bertz CT molecular complexity index is 454. The van der Waals surface area contributed by atoms with Crippen LogP contribution in [-0.2, 0) is 20.0 Å². The first kappa shape index (κ1) is 8.56. The number of rotatable bonds is 1. The lowest BCUT2D eigenvalue weighted by molar-refractivity contribution is 0.734. The fourth-order valence-electron chi connectivity index (χ4n) is 1.59. The first-order valence-electron chi connectivity index (χ1n) is 4.06. The standard InChI is InChI=1S/C8H11ClN4/c1-5-7-8(13(3)11-5)12(2)6(4-9)10-7/h4H2,1-3H3. The molecule has 0 radical (unpaired) electrons. The molecular formula is C8H11ClN4. The third-order valence-electron chi connectivity index (χ3n) is 2.23. The number of alkyl halides is 1. The van der Waals surface area contributed by atoms with Gasteiger partial charge in [-0.1, -0.05) is 0 Å². The first-order chi connectivity index (χ1) is 6.15. The van der Waals surface area contributed by atoms with Gasteiger partial charge in [-0.25, -0.2) is 4.98 Å². The van der Waals surface area contributed by atoms with Gasteiger partial charge in [-0.3, -0.25) is 4.68 Å². The smallest absolute Gasteiger partial charge is 0.158 e. The second-order valence-electron chi connectivity index (χ2n) is 3.10. The zero-order valence-corrected chi connectivity index (χ0v) is 8.63. The molecule has 4 nitrogen and oxygen atoms in total. The monoisotopic (exact) mass is 198 g/mol. The topological polar surface area (TPSA) is 35.6 Å². The Kier molecular flexibility index (Phi) is 1.80. The Labute approximate surface area is 81.1 Å². The van der Waals surface area contributed by atoms with Crippen LogP contribution in [0.2, 0.25) is 0 Å². The Morgan fingerprint density at radius 2 is 2.08 bits per heavy atom. The minimum absolute atomic E-state index is 0.435. The molecule has 0 aliphatic heterocycles. The molecule has 5 heteroatoms. The first-order valence-corrected chi connectivity index (χ1v) is 4.59. The van der Waals surface area contributed by atoms with E-state index in [0.717, 1.165) is 22.7 Å². The highest BCUT2D eigenvalue weighted by Crippen LogP contribution is 2.18. The Morgan fingerprint density at radius 3 is 2.62 bits per heavy atom. The maximum absolute atomic E-state index is 5.75. The third-order valence-corrected chi connectivity index (χ3v) is 2.47. The molecule has 0 N–H and O–H groups in total. The fraction of sp³-hybridized carbons (Fsp3) is 0.500. The van der Waals surface area contributed by atoms with E-state index in [2.05, 4.69) is 10.1 Å². The zero-order chi connectivity index (χ0) is 9.59. The average Bonchev–Trinajstić information content (AvgIpc) is 2.54. The van der Waals surface area contributed by atoms with Crippen LogP contribution >= 0.6 is 11.6 Å². The van der Waals surface area contributed by atoms with Gasteiger partial charge in [-0.2, -0.15) is 5.10 Å². The molecule has 0 saturated heterocycles. The van der Waals surface area contributed by atoms with E-state index < -0.39 is 0 Å². The molecule has 0 amide bonds. The summed E-state index contributed by atoms with van der Waals surface area (Å²) in [7, 11) is 3.86. The minimum atomic E-state index is 0.435. The lowest BCUT2D eigenvalue weighted by Gasteiger charge is -1.98. The number of hydrogen-bond acceptors (Lipinski definition) is 2. The molecule has 0 aromatic carbocycles. The van der Waals surface area contributed by atoms with E-state index in [4.69, 9.17) is 11.6 Å². The fourth-order valence-corrected chi connectivity index (χ4v) is 1.83. The molecule has 0 bridgehead atoms. The van der Waals surface area contributed by atoms with Crippen LogP contribution in [0.3, 0.4) is 0 Å². The lowest BCUT2D eigenvalue weighted by atomic mass is 10.4. The molecule has 0 atom stereocenters. The van der Waals surface area contributed by atoms with Crippen molar-refractivity contribution >= 4 is 22.8 Å². The predicted octanol–water partition coefficient (Wildman–Crippen LogP) is 1.35. The van der Waals surface area contributed by atoms with Gasteiger partial charge in [0.15, 0.2) is 5.65 Å². The Hall–Kier alpha value is -1.03. The Morgan fingerprint density at radius 1 is 1.38 bits per heavy atom. The number of fused-ring (bicyclic) bond motifs is 1. The summed E-state index contributed by atoms with van der Waals surface area (Å²) in [5.41, 5.74) is 2.92. The van der Waals surface area contributed by atoms with Gasteiger partial charge in [0, 0.05) is 14.1 Å². The summed E-state index contributed by atoms with van der Waals surface area (Å²) in [6.45, 7) is 1.95. The van der Waals surface area contributed by atoms with Crippen molar-refractivity contribution in [2.75, 3.05) is 0 Å². The summed E-state index contributed by atoms with van der Waals surface area (Å²) in [6.07, 6.45) is 0. The summed E-state index contributed by atoms with van der Waals surface area (Å²) < 4.78 is 3.80. The molecule has 0 spiro atoms. The number of aromatic nitrogens is 4. The molecule has 2 rings (SSSR count). The van der Waals surface area contributed by atoms with Crippen LogP contribution in [0.1, 0.15) is 11.5 Å². The van der Waals surface area contributed by atoms with Crippen molar-refractivity contribution in [3.05, 3.63) is 11.5 Å². The van der Waals surface area contributed by atoms with E-state index in [-0.39, 0.29) is 0 Å². The molecular weight excluding hydrogens is 188 g/mol. The zero-order valence-electron chi connectivity index (χ0n) is 7.87. The summed E-state index contributed by atoms with van der Waals surface area (Å²) in [6, 6.07) is 0. The van der Waals surface area contributed by atoms with Crippen LogP contribution < -0.4 is 0 Å². The number of hydrogen-bond donors (Lipinski definition) is 0. The van der Waals surface area contributed by atoms with E-state index in [0.29, 0.717) is 5.88 Å². The van der Waals surface area contributed by atoms with Crippen LogP contribution in [0.25, 0.3) is 11.2 Å². The highest BCUT2D eigenvalue weighted by atomic mass is 35.5. The quantitative estimate of drug-likeness (QED) is 0.649. The van der Waals surface area contributed by atoms with Crippen LogP contribution in [0.15, 0.2) is 0 Å². The van der Waals surface area contributed by atoms with Crippen molar-refractivity contribution in [2.24, 2.45) is 14.1 Å². The van der Waals surface area contributed by atoms with Crippen LogP contribution in [0, 0.1) is 6.92 Å². The van der Waals surface area contributed by atoms with Gasteiger partial charge in [-0.15, -0.1) is 11.6 Å². The minimum Gasteiger partial charge on any atom is -0.315 e. The summed E-state index contributed by atoms with van der Waals surface area (Å²) in [5, 5.41) is 4.28. The summed E-state index contributed by atoms with van der Waals surface area (Å²) in [4.78, 5) is 4.40. The second kappa shape index (κ2) is 2.73. The molecule has 70 valence electrons. The van der Waals surface area contributed by atoms with Crippen LogP contribution in [0.4, 0.5) is 0 Å². The van der Waals surface area contributed by atoms with Gasteiger partial charge >= 0.3 is 0 Å². The molecule has 2 aromatic rings. The number of imidazole rings is 1. The van der Waals surface area contributed by atoms with E-state index in [9.17, 15) is 0 Å². The van der Waals surface area contributed by atoms with Crippen molar-refractivity contribution in [3.8, 4) is 0 Å². The summed E-state index contributed by atoms with van der Waals surface area (Å²) in [5.74, 6) is 1.32. The van der Waals surface area contributed by atoms with E-state index >= 15 is 0 Å². The molecule has 0 fully saturated rings. The van der Waals surface area contributed by atoms with Crippen molar-refractivity contribution in [1.82, 2.24) is 19.3 Å². The molecule has 2 aromatic heterocycles. The molecule has 2 heterocycles. The maximum atomic E-state index is 5.75. The molecule has 0 aliphatic carbocycles. The van der Waals surface area contributed by atoms with Crippen molar-refractivity contribution in [1.29, 1.82) is 0 Å². The average molecular weight is 199 g/mol. The molecule has 0 aliphatic rings. The van der Waals surface area contributed by atoms with Crippen LogP contribution in [0.5, 0.6) is 0 Å². The predicted molar refractivity (Wildman–Crippen MR) is 51.8 cm³/mol. The largest absolute Gasteiger partial charge is 0.315 e. The van der Waals surface area contributed by atoms with E-state index in [1.54, 1.807) is 0 Å². The van der Waals surface area contributed by atoms with Gasteiger partial charge < -0.3 is 4.57 Å². The number of halogens is 1. The van der Waals surface area contributed by atoms with Gasteiger partial charge in [-0.05, 0) is 6.92 Å². The maximum Gasteiger partial charge on any atom is 0.158 e. The molecule has 13 heavy (non-hydrogen) atoms. The van der Waals surface area contributed by atoms with Gasteiger partial charge in [0.1, 0.15) is 11.3 Å². The van der Waals surface area contributed by atoms with E-state index in [1.807, 2.05) is 30.3 Å². The highest BCUT2D eigenvalue weighted by molar-refractivity contribution is 6.16. The highest BCUT2D eigenvalue weighted by Gasteiger charge is 2.13. The van der Waals surface area contributed by atoms with Gasteiger partial charge in [0.2, 0.25) is 0 Å². The number of nitrogens with zero attached hydrogens (tertiary/aromatic N) is 4. The number of aryl methyl sites for hydroxylation is 3. The normalized spacial score (nSPS) is 11.4. The van der Waals surface area contributed by atoms with Gasteiger partial charge in [0.25, 0.3) is 0 Å². The molecule has 0 saturated carbocycles. The second-order valence-corrected chi connectivity index (χ2v) is 3.37. The van der Waals surface area contributed by atoms with E-state index in [1.165, 1.54) is 0 Å². The molecule has 0 unspecified atom stereocenters. The third kappa shape index (κ3) is 1.05. The van der Waals surface area contributed by atoms with Crippen LogP contribution in [-0.4, -0.2) is 19.3 Å². The van der Waals surface area contributed by atoms with Gasteiger partial charge in [0.05, 0.1) is 11.6 Å². The lowest BCUT2D eigenvalue weighted by Crippen LogP contribution is -2.00. The SMILES string of the molecule is Cc1nn(C)c2c1nc(CCl)n2C. The summed E-state index contributed by atoms with van der Waals surface area (Å²) >= 11 is 5.75. The van der Waals surface area contributed by atoms with Crippen molar-refractivity contribution < 1.29 is 0 Å². The van der Waals surface area contributed by atoms with Crippen molar-refractivity contribution in [3.63, 3.8) is 0 Å². The van der Waals surface area contributed by atoms with Crippen molar-refractivity contribution in [2.45, 2.75) is 12.8 Å². The Balaban J connectivity index is 2.85.